The maximum absolute atomic E-state index is 9.64. The molecule has 1 saturated heterocycles. The lowest BCUT2D eigenvalue weighted by atomic mass is 10.1. The van der Waals surface area contributed by atoms with E-state index in [1.54, 1.807) is 12.1 Å². The van der Waals surface area contributed by atoms with Gasteiger partial charge in [-0.05, 0) is 65.1 Å². The van der Waals surface area contributed by atoms with Gasteiger partial charge in [0.15, 0.2) is 0 Å². The van der Waals surface area contributed by atoms with Crippen LogP contribution in [0.1, 0.15) is 24.0 Å². The quantitative estimate of drug-likeness (QED) is 0.728. The number of hydrogen-bond acceptors (Lipinski definition) is 4. The van der Waals surface area contributed by atoms with Crippen LogP contribution in [0.2, 0.25) is 0 Å². The summed E-state index contributed by atoms with van der Waals surface area (Å²) >= 11 is 0. The smallest absolute Gasteiger partial charge is 0.116 e. The Morgan fingerprint density at radius 1 is 0.962 bits per heavy atom. The van der Waals surface area contributed by atoms with Crippen molar-refractivity contribution in [2.75, 3.05) is 13.2 Å². The lowest BCUT2D eigenvalue weighted by Crippen LogP contribution is -2.31. The van der Waals surface area contributed by atoms with Crippen LogP contribution in [0.4, 0.5) is 0 Å². The van der Waals surface area contributed by atoms with Gasteiger partial charge < -0.3 is 9.84 Å². The minimum atomic E-state index is 0.308. The van der Waals surface area contributed by atoms with Gasteiger partial charge in [0.2, 0.25) is 0 Å². The number of pyridine rings is 1. The van der Waals surface area contributed by atoms with Gasteiger partial charge in [-0.15, -0.1) is 0 Å². The van der Waals surface area contributed by atoms with Crippen molar-refractivity contribution in [3.63, 3.8) is 0 Å². The predicted octanol–water partition coefficient (Wildman–Crippen LogP) is 4.12. The molecule has 1 atom stereocenters. The third-order valence-electron chi connectivity index (χ3n) is 4.94. The Balaban J connectivity index is 1.53. The monoisotopic (exact) mass is 348 g/mol. The molecular formula is C22H24N2O2. The van der Waals surface area contributed by atoms with Gasteiger partial charge in [0.05, 0.1) is 6.10 Å². The largest absolute Gasteiger partial charge is 0.508 e. The van der Waals surface area contributed by atoms with Gasteiger partial charge in [0, 0.05) is 38.6 Å². The predicted molar refractivity (Wildman–Crippen MR) is 103 cm³/mol. The summed E-state index contributed by atoms with van der Waals surface area (Å²) in [6.07, 6.45) is 6.33. The highest BCUT2D eigenvalue weighted by atomic mass is 16.5. The number of benzene rings is 2. The third kappa shape index (κ3) is 4.21. The minimum Gasteiger partial charge on any atom is -0.508 e. The van der Waals surface area contributed by atoms with Crippen LogP contribution in [0, 0.1) is 0 Å². The van der Waals surface area contributed by atoms with Crippen LogP contribution in [0.3, 0.4) is 0 Å². The van der Waals surface area contributed by atoms with E-state index in [0.717, 1.165) is 49.9 Å². The fourth-order valence-electron chi connectivity index (χ4n) is 3.65. The number of aromatic hydroxyl groups is 1. The molecule has 0 saturated carbocycles. The zero-order chi connectivity index (χ0) is 17.8. The first-order valence-electron chi connectivity index (χ1n) is 9.21. The molecule has 4 heteroatoms. The summed E-state index contributed by atoms with van der Waals surface area (Å²) < 4.78 is 5.86. The molecule has 1 aliphatic heterocycles. The third-order valence-corrected chi connectivity index (χ3v) is 4.94. The molecular weight excluding hydrogens is 324 g/mol. The summed E-state index contributed by atoms with van der Waals surface area (Å²) in [7, 11) is 0. The Hall–Kier alpha value is -2.43. The zero-order valence-corrected chi connectivity index (χ0v) is 14.8. The molecule has 2 heterocycles. The standard InChI is InChI=1S/C22H24N2O2/c25-21-6-5-19-12-18(3-4-20(19)13-21)15-24(16-22-2-1-11-26-22)14-17-7-9-23-10-8-17/h3-10,12-13,22,25H,1-2,11,14-16H2. The summed E-state index contributed by atoms with van der Waals surface area (Å²) in [4.78, 5) is 6.57. The second kappa shape index (κ2) is 7.85. The first-order valence-corrected chi connectivity index (χ1v) is 9.21. The number of aromatic nitrogens is 1. The van der Waals surface area contributed by atoms with E-state index < -0.39 is 0 Å². The fourth-order valence-corrected chi connectivity index (χ4v) is 3.65. The van der Waals surface area contributed by atoms with E-state index in [4.69, 9.17) is 4.74 Å². The summed E-state index contributed by atoms with van der Waals surface area (Å²) in [5, 5.41) is 11.9. The average Bonchev–Trinajstić information content (AvgIpc) is 3.16. The van der Waals surface area contributed by atoms with Crippen molar-refractivity contribution in [1.82, 2.24) is 9.88 Å². The highest BCUT2D eigenvalue weighted by Gasteiger charge is 2.19. The van der Waals surface area contributed by atoms with Gasteiger partial charge in [-0.3, -0.25) is 9.88 Å². The number of phenolic OH excluding ortho intramolecular Hbond substituents is 1. The molecule has 26 heavy (non-hydrogen) atoms. The second-order valence-electron chi connectivity index (χ2n) is 7.03. The van der Waals surface area contributed by atoms with Crippen LogP contribution in [-0.4, -0.2) is 34.2 Å². The normalized spacial score (nSPS) is 17.2. The highest BCUT2D eigenvalue weighted by Crippen LogP contribution is 2.23. The molecule has 1 aliphatic rings. The molecule has 0 radical (unpaired) electrons. The number of phenols is 1. The first-order chi connectivity index (χ1) is 12.8. The van der Waals surface area contributed by atoms with E-state index in [-0.39, 0.29) is 0 Å². The van der Waals surface area contributed by atoms with Gasteiger partial charge in [-0.1, -0.05) is 18.2 Å². The van der Waals surface area contributed by atoms with Gasteiger partial charge in [-0.25, -0.2) is 0 Å². The van der Waals surface area contributed by atoms with Crippen LogP contribution in [0.15, 0.2) is 60.9 Å². The number of hydrogen-bond donors (Lipinski definition) is 1. The zero-order valence-electron chi connectivity index (χ0n) is 14.8. The van der Waals surface area contributed by atoms with Crippen LogP contribution in [0.5, 0.6) is 5.75 Å². The topological polar surface area (TPSA) is 45.6 Å². The van der Waals surface area contributed by atoms with E-state index in [2.05, 4.69) is 40.2 Å². The summed E-state index contributed by atoms with van der Waals surface area (Å²) in [5.74, 6) is 0.308. The Kier molecular flexibility index (Phi) is 5.14. The Morgan fingerprint density at radius 3 is 2.54 bits per heavy atom. The molecule has 1 unspecified atom stereocenters. The van der Waals surface area contributed by atoms with Crippen molar-refractivity contribution in [3.05, 3.63) is 72.1 Å². The van der Waals surface area contributed by atoms with Gasteiger partial charge in [0.25, 0.3) is 0 Å². The number of fused-ring (bicyclic) bond motifs is 1. The van der Waals surface area contributed by atoms with E-state index in [0.29, 0.717) is 11.9 Å². The summed E-state index contributed by atoms with van der Waals surface area (Å²) in [6.45, 7) is 3.58. The molecule has 0 spiro atoms. The number of ether oxygens (including phenoxy) is 1. The maximum atomic E-state index is 9.64. The Bertz CT molecular complexity index is 860. The number of nitrogens with zero attached hydrogens (tertiary/aromatic N) is 2. The van der Waals surface area contributed by atoms with Crippen molar-refractivity contribution in [1.29, 1.82) is 0 Å². The van der Waals surface area contributed by atoms with Crippen molar-refractivity contribution in [3.8, 4) is 5.75 Å². The molecule has 134 valence electrons. The van der Waals surface area contributed by atoms with E-state index in [1.165, 1.54) is 11.1 Å². The number of rotatable bonds is 6. The Morgan fingerprint density at radius 2 is 1.73 bits per heavy atom. The molecule has 0 aliphatic carbocycles. The van der Waals surface area contributed by atoms with Crippen molar-refractivity contribution in [2.45, 2.75) is 32.0 Å². The van der Waals surface area contributed by atoms with Crippen molar-refractivity contribution >= 4 is 10.8 Å². The van der Waals surface area contributed by atoms with E-state index >= 15 is 0 Å². The molecule has 0 bridgehead atoms. The molecule has 1 aromatic heterocycles. The fraction of sp³-hybridized carbons (Fsp3) is 0.318. The SMILES string of the molecule is Oc1ccc2cc(CN(Cc3ccncc3)CC3CCCO3)ccc2c1. The summed E-state index contributed by atoms with van der Waals surface area (Å²) in [5.41, 5.74) is 2.54. The average molecular weight is 348 g/mol. The molecule has 3 aromatic rings. The van der Waals surface area contributed by atoms with Crippen LogP contribution < -0.4 is 0 Å². The van der Waals surface area contributed by atoms with Gasteiger partial charge in [-0.2, -0.15) is 0 Å². The van der Waals surface area contributed by atoms with Crippen LogP contribution in [0.25, 0.3) is 10.8 Å². The van der Waals surface area contributed by atoms with Gasteiger partial charge in [0.1, 0.15) is 5.75 Å². The lowest BCUT2D eigenvalue weighted by molar-refractivity contribution is 0.0679. The molecule has 0 amide bonds. The molecule has 4 rings (SSSR count). The Labute approximate surface area is 154 Å². The first kappa shape index (κ1) is 17.0. The molecule has 4 nitrogen and oxygen atoms in total. The summed E-state index contributed by atoms with van der Waals surface area (Å²) in [6, 6.07) is 16.1. The lowest BCUT2D eigenvalue weighted by Gasteiger charge is -2.25. The van der Waals surface area contributed by atoms with Crippen LogP contribution in [-0.2, 0) is 17.8 Å². The highest BCUT2D eigenvalue weighted by molar-refractivity contribution is 5.84. The van der Waals surface area contributed by atoms with E-state index in [1.807, 2.05) is 18.5 Å². The molecule has 1 N–H and O–H groups in total. The van der Waals surface area contributed by atoms with Crippen molar-refractivity contribution < 1.29 is 9.84 Å². The second-order valence-corrected chi connectivity index (χ2v) is 7.03. The molecule has 1 fully saturated rings. The van der Waals surface area contributed by atoms with Crippen LogP contribution >= 0.6 is 0 Å². The van der Waals surface area contributed by atoms with Crippen molar-refractivity contribution in [2.24, 2.45) is 0 Å². The van der Waals surface area contributed by atoms with Gasteiger partial charge >= 0.3 is 0 Å². The minimum absolute atomic E-state index is 0.308. The molecule has 2 aromatic carbocycles. The maximum Gasteiger partial charge on any atom is 0.116 e. The van der Waals surface area contributed by atoms with E-state index in [9.17, 15) is 5.11 Å².